The highest BCUT2D eigenvalue weighted by Gasteiger charge is 2.32. The van der Waals surface area contributed by atoms with Gasteiger partial charge in [-0.2, -0.15) is 0 Å². The molecule has 0 aromatic carbocycles. The van der Waals surface area contributed by atoms with Crippen LogP contribution < -0.4 is 5.32 Å². The van der Waals surface area contributed by atoms with Crippen molar-refractivity contribution in [1.82, 2.24) is 10.2 Å². The van der Waals surface area contributed by atoms with Gasteiger partial charge in [-0.15, -0.1) is 0 Å². The average Bonchev–Trinajstić information content (AvgIpc) is 2.91. The molecule has 2 rings (SSSR count). The van der Waals surface area contributed by atoms with E-state index in [9.17, 15) is 9.59 Å². The number of hydrogen-bond donors (Lipinski definition) is 1. The molecule has 1 atom stereocenters. The molecule has 114 valence electrons. The summed E-state index contributed by atoms with van der Waals surface area (Å²) < 4.78 is 5.38. The zero-order chi connectivity index (χ0) is 14.8. The lowest BCUT2D eigenvalue weighted by Gasteiger charge is -2.36. The standard InChI is InChI=1S/C15H26N2O3/c1-15(2,3)14(19)17-8-6-11(7-9-17)16-13(18)12-5-4-10-20-12/h11-12H,4-10H2,1-3H3,(H,16,18). The van der Waals surface area contributed by atoms with Crippen LogP contribution in [0.4, 0.5) is 0 Å². The Labute approximate surface area is 121 Å². The molecular weight excluding hydrogens is 256 g/mol. The third-order valence-corrected chi connectivity index (χ3v) is 3.99. The minimum absolute atomic E-state index is 0.0168. The van der Waals surface area contributed by atoms with Gasteiger partial charge in [-0.1, -0.05) is 20.8 Å². The van der Waals surface area contributed by atoms with Crippen LogP contribution in [0.3, 0.4) is 0 Å². The van der Waals surface area contributed by atoms with Crippen LogP contribution in [0.25, 0.3) is 0 Å². The molecule has 0 saturated carbocycles. The maximum atomic E-state index is 12.2. The van der Waals surface area contributed by atoms with E-state index in [1.807, 2.05) is 25.7 Å². The lowest BCUT2D eigenvalue weighted by molar-refractivity contribution is -0.140. The smallest absolute Gasteiger partial charge is 0.249 e. The van der Waals surface area contributed by atoms with Crippen molar-refractivity contribution in [3.05, 3.63) is 0 Å². The number of rotatable bonds is 2. The Morgan fingerprint density at radius 2 is 1.80 bits per heavy atom. The van der Waals surface area contributed by atoms with Crippen LogP contribution in [0.15, 0.2) is 0 Å². The fourth-order valence-corrected chi connectivity index (χ4v) is 2.78. The Hall–Kier alpha value is -1.10. The summed E-state index contributed by atoms with van der Waals surface area (Å²) in [7, 11) is 0. The fourth-order valence-electron chi connectivity index (χ4n) is 2.78. The average molecular weight is 282 g/mol. The van der Waals surface area contributed by atoms with Crippen LogP contribution in [0.2, 0.25) is 0 Å². The molecule has 0 aromatic rings. The van der Waals surface area contributed by atoms with Crippen molar-refractivity contribution in [3.8, 4) is 0 Å². The molecule has 0 bridgehead atoms. The quantitative estimate of drug-likeness (QED) is 0.831. The molecule has 2 fully saturated rings. The molecule has 2 aliphatic heterocycles. The monoisotopic (exact) mass is 282 g/mol. The number of ether oxygens (including phenoxy) is 1. The lowest BCUT2D eigenvalue weighted by atomic mass is 9.93. The van der Waals surface area contributed by atoms with E-state index in [4.69, 9.17) is 4.74 Å². The van der Waals surface area contributed by atoms with E-state index in [1.54, 1.807) is 0 Å². The van der Waals surface area contributed by atoms with Crippen molar-refractivity contribution < 1.29 is 14.3 Å². The second-order valence-corrected chi connectivity index (χ2v) is 6.83. The fraction of sp³-hybridized carbons (Fsp3) is 0.867. The second kappa shape index (κ2) is 6.12. The van der Waals surface area contributed by atoms with Gasteiger partial charge in [0.15, 0.2) is 0 Å². The molecule has 0 radical (unpaired) electrons. The van der Waals surface area contributed by atoms with Gasteiger partial charge in [0.05, 0.1) is 0 Å². The van der Waals surface area contributed by atoms with Crippen molar-refractivity contribution in [2.45, 2.75) is 58.6 Å². The Bertz CT molecular complexity index is 362. The largest absolute Gasteiger partial charge is 0.368 e. The molecule has 0 spiro atoms. The third-order valence-electron chi connectivity index (χ3n) is 3.99. The molecule has 5 nitrogen and oxygen atoms in total. The summed E-state index contributed by atoms with van der Waals surface area (Å²) in [6.45, 7) is 7.98. The molecule has 1 N–H and O–H groups in total. The van der Waals surface area contributed by atoms with Crippen molar-refractivity contribution in [3.63, 3.8) is 0 Å². The summed E-state index contributed by atoms with van der Waals surface area (Å²) in [5.74, 6) is 0.213. The van der Waals surface area contributed by atoms with Crippen molar-refractivity contribution in [1.29, 1.82) is 0 Å². The van der Waals surface area contributed by atoms with Crippen molar-refractivity contribution >= 4 is 11.8 Å². The normalized spacial score (nSPS) is 24.8. The molecule has 2 saturated heterocycles. The van der Waals surface area contributed by atoms with Crippen molar-refractivity contribution in [2.75, 3.05) is 19.7 Å². The molecule has 20 heavy (non-hydrogen) atoms. The number of hydrogen-bond acceptors (Lipinski definition) is 3. The first-order valence-electron chi connectivity index (χ1n) is 7.59. The number of amides is 2. The van der Waals surface area contributed by atoms with E-state index in [2.05, 4.69) is 5.32 Å². The van der Waals surface area contributed by atoms with Crippen molar-refractivity contribution in [2.24, 2.45) is 5.41 Å². The maximum Gasteiger partial charge on any atom is 0.249 e. The van der Waals surface area contributed by atoms with Gasteiger partial charge in [0.2, 0.25) is 11.8 Å². The SMILES string of the molecule is CC(C)(C)C(=O)N1CCC(NC(=O)C2CCCO2)CC1. The van der Waals surface area contributed by atoms with E-state index >= 15 is 0 Å². The first-order valence-corrected chi connectivity index (χ1v) is 7.59. The minimum atomic E-state index is -0.326. The van der Waals surface area contributed by atoms with E-state index in [-0.39, 0.29) is 29.4 Å². The van der Waals surface area contributed by atoms with Crippen LogP contribution >= 0.6 is 0 Å². The van der Waals surface area contributed by atoms with Gasteiger partial charge in [0.25, 0.3) is 0 Å². The Morgan fingerprint density at radius 1 is 1.15 bits per heavy atom. The highest BCUT2D eigenvalue weighted by Crippen LogP contribution is 2.21. The highest BCUT2D eigenvalue weighted by molar-refractivity contribution is 5.82. The van der Waals surface area contributed by atoms with Gasteiger partial charge >= 0.3 is 0 Å². The van der Waals surface area contributed by atoms with Crippen LogP contribution in [0.1, 0.15) is 46.5 Å². The Balaban J connectivity index is 1.77. The van der Waals surface area contributed by atoms with Gasteiger partial charge < -0.3 is 15.0 Å². The first-order chi connectivity index (χ1) is 9.38. The molecular formula is C15H26N2O3. The topological polar surface area (TPSA) is 58.6 Å². The predicted octanol–water partition coefficient (Wildman–Crippen LogP) is 1.32. The molecule has 0 aromatic heterocycles. The molecule has 2 amide bonds. The number of carbonyl (C=O) groups is 2. The molecule has 2 heterocycles. The highest BCUT2D eigenvalue weighted by atomic mass is 16.5. The van der Waals surface area contributed by atoms with Gasteiger partial charge in [0.1, 0.15) is 6.10 Å². The molecule has 0 aliphatic carbocycles. The molecule has 2 aliphatic rings. The summed E-state index contributed by atoms with van der Waals surface area (Å²) in [5.41, 5.74) is -0.326. The van der Waals surface area contributed by atoms with E-state index < -0.39 is 0 Å². The summed E-state index contributed by atoms with van der Waals surface area (Å²) in [6.07, 6.45) is 3.20. The van der Waals surface area contributed by atoms with Crippen LogP contribution in [0, 0.1) is 5.41 Å². The zero-order valence-corrected chi connectivity index (χ0v) is 12.8. The second-order valence-electron chi connectivity index (χ2n) is 6.83. The van der Waals surface area contributed by atoms with E-state index in [0.29, 0.717) is 6.61 Å². The number of likely N-dealkylation sites (tertiary alicyclic amines) is 1. The van der Waals surface area contributed by atoms with Gasteiger partial charge in [-0.05, 0) is 25.7 Å². The Kier molecular flexibility index (Phi) is 4.68. The maximum absolute atomic E-state index is 12.2. The van der Waals surface area contributed by atoms with Gasteiger partial charge in [-0.25, -0.2) is 0 Å². The lowest BCUT2D eigenvalue weighted by Crippen LogP contribution is -2.50. The third kappa shape index (κ3) is 3.72. The number of piperidine rings is 1. The number of nitrogens with one attached hydrogen (secondary N) is 1. The zero-order valence-electron chi connectivity index (χ0n) is 12.8. The van der Waals surface area contributed by atoms with E-state index in [1.165, 1.54) is 0 Å². The van der Waals surface area contributed by atoms with Gasteiger partial charge in [-0.3, -0.25) is 9.59 Å². The van der Waals surface area contributed by atoms with Crippen LogP contribution in [-0.4, -0.2) is 48.6 Å². The first kappa shape index (κ1) is 15.3. The van der Waals surface area contributed by atoms with Gasteiger partial charge in [0, 0.05) is 31.2 Å². The van der Waals surface area contributed by atoms with Crippen LogP contribution in [-0.2, 0) is 14.3 Å². The summed E-state index contributed by atoms with van der Waals surface area (Å²) >= 11 is 0. The van der Waals surface area contributed by atoms with E-state index in [0.717, 1.165) is 38.8 Å². The summed E-state index contributed by atoms with van der Waals surface area (Å²) in [6, 6.07) is 0.177. The van der Waals surface area contributed by atoms with Crippen LogP contribution in [0.5, 0.6) is 0 Å². The minimum Gasteiger partial charge on any atom is -0.368 e. The number of carbonyl (C=O) groups excluding carboxylic acids is 2. The summed E-state index contributed by atoms with van der Waals surface area (Å²) in [5, 5.41) is 3.06. The Morgan fingerprint density at radius 3 is 2.30 bits per heavy atom. The number of nitrogens with zero attached hydrogens (tertiary/aromatic N) is 1. The predicted molar refractivity (Wildman–Crippen MR) is 76.2 cm³/mol. The summed E-state index contributed by atoms with van der Waals surface area (Å²) in [4.78, 5) is 26.1. The molecule has 5 heteroatoms. The molecule has 1 unspecified atom stereocenters.